The second-order valence-corrected chi connectivity index (χ2v) is 8.64. The third-order valence-electron chi connectivity index (χ3n) is 6.66. The fraction of sp³-hybridized carbons (Fsp3) is 0.417. The number of primary amides is 1. The molecule has 2 aliphatic rings. The Bertz CT molecular complexity index is 917. The van der Waals surface area contributed by atoms with Gasteiger partial charge in [0.1, 0.15) is 5.82 Å². The fourth-order valence-corrected chi connectivity index (χ4v) is 4.45. The molecule has 4 nitrogen and oxygen atoms in total. The zero-order valence-corrected chi connectivity index (χ0v) is 16.7. The summed E-state index contributed by atoms with van der Waals surface area (Å²) in [5.74, 6) is 0.323. The fourth-order valence-electron chi connectivity index (χ4n) is 4.45. The minimum Gasteiger partial charge on any atom is -0.369 e. The summed E-state index contributed by atoms with van der Waals surface area (Å²) in [7, 11) is 0. The van der Waals surface area contributed by atoms with Crippen LogP contribution in [-0.2, 0) is 16.0 Å². The van der Waals surface area contributed by atoms with Gasteiger partial charge in [-0.1, -0.05) is 49.4 Å². The van der Waals surface area contributed by atoms with Gasteiger partial charge in [0.05, 0.1) is 5.41 Å². The van der Waals surface area contributed by atoms with Crippen molar-refractivity contribution in [1.82, 2.24) is 4.90 Å². The molecule has 0 unspecified atom stereocenters. The molecule has 5 heteroatoms. The molecule has 2 aromatic rings. The van der Waals surface area contributed by atoms with Crippen molar-refractivity contribution < 1.29 is 14.0 Å². The number of hydrogen-bond donors (Lipinski definition) is 1. The average molecular weight is 394 g/mol. The molecular weight excluding hydrogens is 367 g/mol. The van der Waals surface area contributed by atoms with E-state index >= 15 is 0 Å². The number of rotatable bonds is 5. The van der Waals surface area contributed by atoms with Crippen LogP contribution < -0.4 is 5.73 Å². The third kappa shape index (κ3) is 3.91. The first-order valence-corrected chi connectivity index (χ1v) is 10.3. The van der Waals surface area contributed by atoms with Crippen LogP contribution in [0.4, 0.5) is 4.39 Å². The molecule has 0 aromatic heterocycles. The summed E-state index contributed by atoms with van der Waals surface area (Å²) in [5.41, 5.74) is 7.55. The molecule has 1 saturated heterocycles. The van der Waals surface area contributed by atoms with Crippen molar-refractivity contribution in [2.45, 2.75) is 32.6 Å². The maximum atomic E-state index is 14.0. The zero-order valence-electron chi connectivity index (χ0n) is 16.7. The molecule has 152 valence electrons. The molecule has 0 spiro atoms. The first-order valence-electron chi connectivity index (χ1n) is 10.3. The van der Waals surface area contributed by atoms with Crippen molar-refractivity contribution in [2.24, 2.45) is 23.0 Å². The Hall–Kier alpha value is -2.69. The highest BCUT2D eigenvalue weighted by Gasteiger charge is 2.45. The highest BCUT2D eigenvalue weighted by molar-refractivity contribution is 5.84. The molecule has 4 rings (SSSR count). The smallest absolute Gasteiger partial charge is 0.225 e. The maximum Gasteiger partial charge on any atom is 0.225 e. The van der Waals surface area contributed by atoms with Gasteiger partial charge in [-0.15, -0.1) is 0 Å². The van der Waals surface area contributed by atoms with Crippen molar-refractivity contribution >= 4 is 11.8 Å². The number of likely N-dealkylation sites (tertiary alicyclic amines) is 1. The molecule has 1 aliphatic carbocycles. The Morgan fingerprint density at radius 3 is 2.28 bits per heavy atom. The Morgan fingerprint density at radius 2 is 1.72 bits per heavy atom. The summed E-state index contributed by atoms with van der Waals surface area (Å²) >= 11 is 0. The van der Waals surface area contributed by atoms with E-state index in [0.717, 1.165) is 17.5 Å². The lowest BCUT2D eigenvalue weighted by Crippen LogP contribution is -2.50. The largest absolute Gasteiger partial charge is 0.369 e. The Kier molecular flexibility index (Phi) is 5.15. The lowest BCUT2D eigenvalue weighted by molar-refractivity contribution is -0.140. The molecule has 1 saturated carbocycles. The standard InChI is InChI=1S/C24H27FN2O2/c1-16-14-20(16)22(28)27-12-10-24(11-13-27,23(26)29)15-17-6-8-18(9-7-17)19-4-2-3-5-21(19)25/h2-9,16,20H,10-15H2,1H3,(H2,26,29)/t16-,20+/m0/s1. The number of nitrogens with zero attached hydrogens (tertiary/aromatic N) is 1. The molecule has 2 N–H and O–H groups in total. The topological polar surface area (TPSA) is 63.4 Å². The minimum absolute atomic E-state index is 0.169. The Balaban J connectivity index is 1.46. The van der Waals surface area contributed by atoms with E-state index < -0.39 is 5.41 Å². The second kappa shape index (κ2) is 7.62. The number of benzene rings is 2. The van der Waals surface area contributed by atoms with Gasteiger partial charge in [-0.3, -0.25) is 9.59 Å². The summed E-state index contributed by atoms with van der Waals surface area (Å²) in [6, 6.07) is 14.3. The summed E-state index contributed by atoms with van der Waals surface area (Å²) < 4.78 is 14.0. The van der Waals surface area contributed by atoms with E-state index in [1.807, 2.05) is 35.2 Å². The molecule has 0 radical (unpaired) electrons. The molecule has 2 fully saturated rings. The number of hydrogen-bond acceptors (Lipinski definition) is 2. The van der Waals surface area contributed by atoms with Gasteiger partial charge in [0, 0.05) is 24.6 Å². The van der Waals surface area contributed by atoms with Crippen LogP contribution in [-0.4, -0.2) is 29.8 Å². The van der Waals surface area contributed by atoms with Crippen molar-refractivity contribution in [2.75, 3.05) is 13.1 Å². The molecule has 1 aliphatic heterocycles. The molecule has 1 heterocycles. The maximum absolute atomic E-state index is 14.0. The molecule has 29 heavy (non-hydrogen) atoms. The van der Waals surface area contributed by atoms with Gasteiger partial charge in [0.15, 0.2) is 0 Å². The zero-order chi connectivity index (χ0) is 20.6. The van der Waals surface area contributed by atoms with E-state index in [1.165, 1.54) is 6.07 Å². The van der Waals surface area contributed by atoms with Crippen LogP contribution in [0.15, 0.2) is 48.5 Å². The van der Waals surface area contributed by atoms with Gasteiger partial charge in [-0.25, -0.2) is 4.39 Å². The van der Waals surface area contributed by atoms with Crippen LogP contribution in [0.1, 0.15) is 31.7 Å². The number of halogens is 1. The van der Waals surface area contributed by atoms with E-state index in [1.54, 1.807) is 12.1 Å². The summed E-state index contributed by atoms with van der Waals surface area (Å²) in [5, 5.41) is 0. The molecular formula is C24H27FN2O2. The Labute approximate surface area is 170 Å². The Morgan fingerprint density at radius 1 is 1.10 bits per heavy atom. The monoisotopic (exact) mass is 394 g/mol. The number of carbonyl (C=O) groups excluding carboxylic acids is 2. The van der Waals surface area contributed by atoms with Gasteiger partial charge in [-0.2, -0.15) is 0 Å². The highest BCUT2D eigenvalue weighted by atomic mass is 19.1. The summed E-state index contributed by atoms with van der Waals surface area (Å²) in [6.07, 6.45) is 2.70. The average Bonchev–Trinajstić information content (AvgIpc) is 3.45. The van der Waals surface area contributed by atoms with Crippen LogP contribution in [0, 0.1) is 23.1 Å². The van der Waals surface area contributed by atoms with E-state index in [-0.39, 0.29) is 23.5 Å². The quantitative estimate of drug-likeness (QED) is 0.839. The van der Waals surface area contributed by atoms with Crippen LogP contribution in [0.3, 0.4) is 0 Å². The molecule has 0 bridgehead atoms. The summed E-state index contributed by atoms with van der Waals surface area (Å²) in [6.45, 7) is 3.27. The molecule has 2 amide bonds. The lowest BCUT2D eigenvalue weighted by atomic mass is 9.73. The van der Waals surface area contributed by atoms with Gasteiger partial charge in [-0.05, 0) is 48.8 Å². The van der Waals surface area contributed by atoms with E-state index in [9.17, 15) is 14.0 Å². The van der Waals surface area contributed by atoms with Gasteiger partial charge < -0.3 is 10.6 Å². The van der Waals surface area contributed by atoms with E-state index in [4.69, 9.17) is 5.73 Å². The first-order chi connectivity index (χ1) is 13.9. The lowest BCUT2D eigenvalue weighted by Gasteiger charge is -2.40. The van der Waals surface area contributed by atoms with Crippen molar-refractivity contribution in [1.29, 1.82) is 0 Å². The van der Waals surface area contributed by atoms with Crippen molar-refractivity contribution in [3.05, 3.63) is 59.9 Å². The van der Waals surface area contributed by atoms with Crippen LogP contribution in [0.25, 0.3) is 11.1 Å². The predicted molar refractivity (Wildman–Crippen MR) is 110 cm³/mol. The van der Waals surface area contributed by atoms with E-state index in [0.29, 0.717) is 43.8 Å². The normalized spacial score (nSPS) is 22.9. The predicted octanol–water partition coefficient (Wildman–Crippen LogP) is 3.79. The molecule has 2 atom stereocenters. The third-order valence-corrected chi connectivity index (χ3v) is 6.66. The first kappa shape index (κ1) is 19.6. The number of nitrogens with two attached hydrogens (primary N) is 1. The second-order valence-electron chi connectivity index (χ2n) is 8.64. The van der Waals surface area contributed by atoms with Crippen LogP contribution in [0.2, 0.25) is 0 Å². The van der Waals surface area contributed by atoms with Gasteiger partial charge in [0.2, 0.25) is 11.8 Å². The van der Waals surface area contributed by atoms with E-state index in [2.05, 4.69) is 6.92 Å². The van der Waals surface area contributed by atoms with Gasteiger partial charge in [0.25, 0.3) is 0 Å². The molecule has 2 aromatic carbocycles. The van der Waals surface area contributed by atoms with Crippen LogP contribution >= 0.6 is 0 Å². The van der Waals surface area contributed by atoms with Gasteiger partial charge >= 0.3 is 0 Å². The minimum atomic E-state index is -0.633. The highest BCUT2D eigenvalue weighted by Crippen LogP contribution is 2.41. The number of amides is 2. The number of piperidine rings is 1. The number of carbonyl (C=O) groups is 2. The van der Waals surface area contributed by atoms with Crippen LogP contribution in [0.5, 0.6) is 0 Å². The SMILES string of the molecule is C[C@H]1C[C@H]1C(=O)N1CCC(Cc2ccc(-c3ccccc3F)cc2)(C(N)=O)CC1. The van der Waals surface area contributed by atoms with Crippen molar-refractivity contribution in [3.8, 4) is 11.1 Å². The summed E-state index contributed by atoms with van der Waals surface area (Å²) in [4.78, 5) is 26.7. The van der Waals surface area contributed by atoms with Crippen molar-refractivity contribution in [3.63, 3.8) is 0 Å².